The number of anilines is 2. The quantitative estimate of drug-likeness (QED) is 0.744. The molecule has 112 valence electrons. The van der Waals surface area contributed by atoms with Crippen LogP contribution in [0.3, 0.4) is 0 Å². The number of ether oxygens (including phenoxy) is 1. The molecule has 0 aliphatic heterocycles. The molecule has 0 aromatic carbocycles. The van der Waals surface area contributed by atoms with Crippen LogP contribution in [-0.2, 0) is 0 Å². The van der Waals surface area contributed by atoms with Crippen molar-refractivity contribution in [3.05, 3.63) is 12.1 Å². The third-order valence-electron chi connectivity index (χ3n) is 3.61. The predicted molar refractivity (Wildman–Crippen MR) is 80.8 cm³/mol. The van der Waals surface area contributed by atoms with Crippen LogP contribution in [0.4, 0.5) is 11.5 Å². The Morgan fingerprint density at radius 1 is 1.45 bits per heavy atom. The highest BCUT2D eigenvalue weighted by molar-refractivity contribution is 5.53. The van der Waals surface area contributed by atoms with Crippen molar-refractivity contribution >= 4 is 11.5 Å². The monoisotopic (exact) mass is 279 g/mol. The summed E-state index contributed by atoms with van der Waals surface area (Å²) in [5, 5.41) is 13.1. The van der Waals surface area contributed by atoms with E-state index in [1.807, 2.05) is 6.07 Å². The molecule has 4 N–H and O–H groups in total. The van der Waals surface area contributed by atoms with E-state index in [4.69, 9.17) is 10.5 Å². The molecule has 2 unspecified atom stereocenters. The molecule has 1 aliphatic rings. The van der Waals surface area contributed by atoms with E-state index in [-0.39, 0.29) is 6.10 Å². The summed E-state index contributed by atoms with van der Waals surface area (Å²) in [6.07, 6.45) is 2.89. The van der Waals surface area contributed by atoms with Crippen LogP contribution in [0.25, 0.3) is 0 Å². The number of hydrogen-bond acceptors (Lipinski definition) is 5. The van der Waals surface area contributed by atoms with Gasteiger partial charge in [-0.1, -0.05) is 20.3 Å². The SMILES string of the molecule is CC(C)COc1nc(NCC2CCCC2O)ccc1N. The van der Waals surface area contributed by atoms with Crippen molar-refractivity contribution in [3.63, 3.8) is 0 Å². The summed E-state index contributed by atoms with van der Waals surface area (Å²) in [5.74, 6) is 1.98. The van der Waals surface area contributed by atoms with Gasteiger partial charge in [-0.2, -0.15) is 4.98 Å². The maximum absolute atomic E-state index is 9.81. The number of aromatic nitrogens is 1. The Morgan fingerprint density at radius 2 is 2.25 bits per heavy atom. The Balaban J connectivity index is 1.92. The summed E-state index contributed by atoms with van der Waals surface area (Å²) in [5.41, 5.74) is 6.41. The van der Waals surface area contributed by atoms with Crippen molar-refractivity contribution in [1.82, 2.24) is 4.98 Å². The van der Waals surface area contributed by atoms with Gasteiger partial charge in [-0.3, -0.25) is 0 Å². The van der Waals surface area contributed by atoms with Crippen molar-refractivity contribution in [2.45, 2.75) is 39.2 Å². The Kier molecular flexibility index (Phi) is 5.06. The van der Waals surface area contributed by atoms with Gasteiger partial charge in [-0.05, 0) is 30.9 Å². The zero-order valence-electron chi connectivity index (χ0n) is 12.3. The topological polar surface area (TPSA) is 80.4 Å². The van der Waals surface area contributed by atoms with Gasteiger partial charge in [0.2, 0.25) is 5.88 Å². The Labute approximate surface area is 120 Å². The number of hydrogen-bond donors (Lipinski definition) is 3. The first-order valence-electron chi connectivity index (χ1n) is 7.37. The zero-order valence-corrected chi connectivity index (χ0v) is 12.3. The normalized spacial score (nSPS) is 22.2. The van der Waals surface area contributed by atoms with Gasteiger partial charge < -0.3 is 20.9 Å². The summed E-state index contributed by atoms with van der Waals surface area (Å²) in [6.45, 7) is 5.50. The van der Waals surface area contributed by atoms with Crippen molar-refractivity contribution in [3.8, 4) is 5.88 Å². The van der Waals surface area contributed by atoms with Crippen LogP contribution in [-0.4, -0.2) is 29.3 Å². The Morgan fingerprint density at radius 3 is 2.90 bits per heavy atom. The Bertz CT molecular complexity index is 437. The van der Waals surface area contributed by atoms with Crippen LogP contribution in [0.5, 0.6) is 5.88 Å². The minimum Gasteiger partial charge on any atom is -0.476 e. The van der Waals surface area contributed by atoms with Crippen molar-refractivity contribution in [2.24, 2.45) is 11.8 Å². The van der Waals surface area contributed by atoms with Gasteiger partial charge in [0.25, 0.3) is 0 Å². The molecular weight excluding hydrogens is 254 g/mol. The van der Waals surface area contributed by atoms with E-state index < -0.39 is 0 Å². The molecule has 2 atom stereocenters. The lowest BCUT2D eigenvalue weighted by Crippen LogP contribution is -2.22. The molecule has 0 saturated heterocycles. The molecule has 2 rings (SSSR count). The lowest BCUT2D eigenvalue weighted by atomic mass is 10.1. The van der Waals surface area contributed by atoms with Crippen LogP contribution in [0.1, 0.15) is 33.1 Å². The zero-order chi connectivity index (χ0) is 14.5. The van der Waals surface area contributed by atoms with Crippen LogP contribution in [0.15, 0.2) is 12.1 Å². The molecule has 0 radical (unpaired) electrons. The average Bonchev–Trinajstić information content (AvgIpc) is 2.81. The smallest absolute Gasteiger partial charge is 0.239 e. The number of aliphatic hydroxyl groups is 1. The number of aliphatic hydroxyl groups excluding tert-OH is 1. The molecule has 1 heterocycles. The van der Waals surface area contributed by atoms with Gasteiger partial charge in [0.15, 0.2) is 0 Å². The van der Waals surface area contributed by atoms with Gasteiger partial charge in [0.1, 0.15) is 5.82 Å². The summed E-state index contributed by atoms with van der Waals surface area (Å²) in [4.78, 5) is 4.39. The predicted octanol–water partition coefficient (Wildman–Crippen LogP) is 2.27. The first-order chi connectivity index (χ1) is 9.56. The second-order valence-corrected chi connectivity index (χ2v) is 5.93. The van der Waals surface area contributed by atoms with Gasteiger partial charge in [0, 0.05) is 12.5 Å². The third kappa shape index (κ3) is 4.00. The van der Waals surface area contributed by atoms with E-state index in [2.05, 4.69) is 24.1 Å². The number of nitrogens with zero attached hydrogens (tertiary/aromatic N) is 1. The number of nitrogens with two attached hydrogens (primary N) is 1. The van der Waals surface area contributed by atoms with Crippen LogP contribution in [0, 0.1) is 11.8 Å². The number of pyridine rings is 1. The molecule has 1 aliphatic carbocycles. The summed E-state index contributed by atoms with van der Waals surface area (Å²) >= 11 is 0. The largest absolute Gasteiger partial charge is 0.476 e. The van der Waals surface area contributed by atoms with E-state index >= 15 is 0 Å². The first-order valence-corrected chi connectivity index (χ1v) is 7.37. The molecule has 1 aromatic rings. The molecule has 1 aromatic heterocycles. The average molecular weight is 279 g/mol. The molecule has 5 nitrogen and oxygen atoms in total. The lowest BCUT2D eigenvalue weighted by molar-refractivity contribution is 0.138. The second-order valence-electron chi connectivity index (χ2n) is 5.93. The third-order valence-corrected chi connectivity index (χ3v) is 3.61. The summed E-state index contributed by atoms with van der Waals surface area (Å²) in [7, 11) is 0. The molecule has 1 saturated carbocycles. The van der Waals surface area contributed by atoms with Gasteiger partial charge in [-0.25, -0.2) is 0 Å². The standard InChI is InChI=1S/C15H25N3O2/c1-10(2)9-20-15-12(16)6-7-14(18-15)17-8-11-4-3-5-13(11)19/h6-7,10-11,13,19H,3-5,8-9,16H2,1-2H3,(H,17,18). The summed E-state index contributed by atoms with van der Waals surface area (Å²) < 4.78 is 5.61. The minimum absolute atomic E-state index is 0.187. The van der Waals surface area contributed by atoms with Crippen LogP contribution >= 0.6 is 0 Å². The molecule has 0 bridgehead atoms. The van der Waals surface area contributed by atoms with Crippen molar-refractivity contribution in [2.75, 3.05) is 24.2 Å². The number of nitrogens with one attached hydrogen (secondary N) is 1. The molecule has 0 spiro atoms. The van der Waals surface area contributed by atoms with E-state index in [1.54, 1.807) is 6.07 Å². The van der Waals surface area contributed by atoms with E-state index in [0.29, 0.717) is 30.0 Å². The maximum atomic E-state index is 9.81. The van der Waals surface area contributed by atoms with Gasteiger partial charge in [-0.15, -0.1) is 0 Å². The molecule has 1 fully saturated rings. The molecule has 5 heteroatoms. The van der Waals surface area contributed by atoms with Crippen molar-refractivity contribution in [1.29, 1.82) is 0 Å². The highest BCUT2D eigenvalue weighted by Gasteiger charge is 2.24. The maximum Gasteiger partial charge on any atom is 0.239 e. The highest BCUT2D eigenvalue weighted by atomic mass is 16.5. The van der Waals surface area contributed by atoms with E-state index in [0.717, 1.165) is 31.6 Å². The molecule has 0 amide bonds. The number of rotatable bonds is 6. The van der Waals surface area contributed by atoms with Crippen LogP contribution in [0.2, 0.25) is 0 Å². The Hall–Kier alpha value is -1.49. The molecule has 20 heavy (non-hydrogen) atoms. The van der Waals surface area contributed by atoms with Gasteiger partial charge in [0.05, 0.1) is 18.4 Å². The van der Waals surface area contributed by atoms with Crippen LogP contribution < -0.4 is 15.8 Å². The molecular formula is C15H25N3O2. The fraction of sp³-hybridized carbons (Fsp3) is 0.667. The van der Waals surface area contributed by atoms with E-state index in [1.165, 1.54) is 0 Å². The lowest BCUT2D eigenvalue weighted by Gasteiger charge is -2.16. The second kappa shape index (κ2) is 6.79. The first kappa shape index (κ1) is 14.9. The highest BCUT2D eigenvalue weighted by Crippen LogP contribution is 2.26. The summed E-state index contributed by atoms with van der Waals surface area (Å²) in [6, 6.07) is 3.65. The van der Waals surface area contributed by atoms with E-state index in [9.17, 15) is 5.11 Å². The fourth-order valence-electron chi connectivity index (χ4n) is 2.40. The minimum atomic E-state index is -0.187. The van der Waals surface area contributed by atoms with Gasteiger partial charge >= 0.3 is 0 Å². The number of nitrogen functional groups attached to an aromatic ring is 1. The van der Waals surface area contributed by atoms with Crippen molar-refractivity contribution < 1.29 is 9.84 Å². The fourth-order valence-corrected chi connectivity index (χ4v) is 2.40.